The van der Waals surface area contributed by atoms with E-state index in [-0.39, 0.29) is 17.7 Å². The Morgan fingerprint density at radius 2 is 1.94 bits per heavy atom. The number of carboxylic acids is 1. The van der Waals surface area contributed by atoms with Crippen molar-refractivity contribution in [1.29, 1.82) is 0 Å². The minimum absolute atomic E-state index is 0.160. The molecule has 6 heteroatoms. The Labute approximate surface area is 186 Å². The van der Waals surface area contributed by atoms with Crippen LogP contribution >= 0.6 is 0 Å². The minimum Gasteiger partial charge on any atom is -0.481 e. The van der Waals surface area contributed by atoms with Crippen molar-refractivity contribution in [1.82, 2.24) is 4.98 Å². The number of carboxylic acid groups (broad SMARTS) is 1. The molecule has 4 rings (SSSR count). The molecule has 3 aromatic rings. The second kappa shape index (κ2) is 8.96. The zero-order valence-electron chi connectivity index (χ0n) is 21.4. The van der Waals surface area contributed by atoms with Crippen LogP contribution in [0.2, 0.25) is 0 Å². The minimum atomic E-state index is -2.56. The molecular formula is C25H24FNO4. The molecule has 0 saturated heterocycles. The van der Waals surface area contributed by atoms with Crippen molar-refractivity contribution in [2.24, 2.45) is 0 Å². The summed E-state index contributed by atoms with van der Waals surface area (Å²) in [5.74, 6) is -4.08. The number of hydrogen-bond donors (Lipinski definition) is 3. The Balaban J connectivity index is 1.94. The number of aliphatic hydroxyl groups excluding tert-OH is 2. The molecule has 1 aliphatic carbocycles. The smallest absolute Gasteiger partial charge is 0.305 e. The number of benzene rings is 2. The van der Waals surface area contributed by atoms with Crippen LogP contribution in [0.3, 0.4) is 0 Å². The van der Waals surface area contributed by atoms with E-state index >= 15 is 0 Å². The Kier molecular flexibility index (Phi) is 4.53. The number of carbonyl (C=O) groups is 1. The fourth-order valence-corrected chi connectivity index (χ4v) is 3.51. The zero-order chi connectivity index (χ0) is 26.5. The number of aliphatic hydroxyl groups is 2. The second-order valence-corrected chi connectivity index (χ2v) is 7.31. The summed E-state index contributed by atoms with van der Waals surface area (Å²) < 4.78 is 55.2. The first-order valence-electron chi connectivity index (χ1n) is 12.3. The Hall–Kier alpha value is -3.09. The predicted molar refractivity (Wildman–Crippen MR) is 117 cm³/mol. The highest BCUT2D eigenvalue weighted by Crippen LogP contribution is 2.45. The van der Waals surface area contributed by atoms with Gasteiger partial charge in [-0.05, 0) is 36.5 Å². The van der Waals surface area contributed by atoms with Crippen molar-refractivity contribution in [3.63, 3.8) is 0 Å². The molecular weight excluding hydrogens is 397 g/mol. The van der Waals surface area contributed by atoms with Gasteiger partial charge in [0, 0.05) is 35.7 Å². The molecule has 1 saturated carbocycles. The molecule has 1 heterocycles. The number of pyridine rings is 1. The van der Waals surface area contributed by atoms with Gasteiger partial charge in [-0.25, -0.2) is 4.39 Å². The predicted octanol–water partition coefficient (Wildman–Crippen LogP) is 4.52. The number of nitrogens with zero attached hydrogens (tertiary/aromatic N) is 1. The standard InChI is InChI=1S/C25H24FNO4/c26-17-9-7-15(8-10-17)24-20-3-1-2-4-22(20)27-25(16-5-6-16)21(24)12-11-18(28)13-19(29)14-23(30)31/h1-4,7-12,16,18-19,28-29H,5-6,13-14H2,(H,30,31)/b12-11+/t18-,19-/m0/s1/i5D2,6D2,16D. The number of fused-ring (bicyclic) bond motifs is 1. The molecule has 31 heavy (non-hydrogen) atoms. The SMILES string of the molecule is [2H]C1([2H])C([2H])([2H])C1([2H])c1nc2ccccc2c(-c2ccc(F)cc2)c1/C=C/[C@H](O)C[C@H](O)CC(=O)O. The summed E-state index contributed by atoms with van der Waals surface area (Å²) in [5, 5.41) is 29.7. The number of rotatable bonds is 8. The third-order valence-corrected chi connectivity index (χ3v) is 4.96. The Bertz CT molecular complexity index is 1330. The molecule has 2 aromatic carbocycles. The van der Waals surface area contributed by atoms with Gasteiger partial charge in [-0.2, -0.15) is 0 Å². The van der Waals surface area contributed by atoms with Crippen LogP contribution < -0.4 is 0 Å². The van der Waals surface area contributed by atoms with Crippen LogP contribution in [-0.2, 0) is 4.79 Å². The van der Waals surface area contributed by atoms with E-state index in [9.17, 15) is 19.4 Å². The molecule has 0 aliphatic heterocycles. The van der Waals surface area contributed by atoms with Gasteiger partial charge in [-0.1, -0.05) is 42.5 Å². The molecule has 2 atom stereocenters. The molecule has 3 N–H and O–H groups in total. The third-order valence-electron chi connectivity index (χ3n) is 4.96. The van der Waals surface area contributed by atoms with Crippen LogP contribution in [0.25, 0.3) is 28.1 Å². The lowest BCUT2D eigenvalue weighted by Crippen LogP contribution is -2.19. The first-order valence-corrected chi connectivity index (χ1v) is 9.76. The summed E-state index contributed by atoms with van der Waals surface area (Å²) in [5.41, 5.74) is 1.29. The van der Waals surface area contributed by atoms with Crippen molar-refractivity contribution in [3.8, 4) is 11.1 Å². The summed E-state index contributed by atoms with van der Waals surface area (Å²) in [6.07, 6.45) is -5.97. The number of aromatic nitrogens is 1. The fourth-order valence-electron chi connectivity index (χ4n) is 3.51. The highest BCUT2D eigenvalue weighted by Gasteiger charge is 2.29. The van der Waals surface area contributed by atoms with Crippen LogP contribution in [-0.4, -0.2) is 38.5 Å². The van der Waals surface area contributed by atoms with E-state index in [1.807, 2.05) is 0 Å². The van der Waals surface area contributed by atoms with Crippen LogP contribution in [0, 0.1) is 5.82 Å². The van der Waals surface area contributed by atoms with Gasteiger partial charge >= 0.3 is 5.97 Å². The third kappa shape index (κ3) is 4.98. The summed E-state index contributed by atoms with van der Waals surface area (Å²) in [7, 11) is 0. The van der Waals surface area contributed by atoms with E-state index < -0.39 is 49.1 Å². The van der Waals surface area contributed by atoms with Gasteiger partial charge in [0.15, 0.2) is 0 Å². The van der Waals surface area contributed by atoms with E-state index in [0.29, 0.717) is 22.0 Å². The van der Waals surface area contributed by atoms with Crippen LogP contribution in [0.4, 0.5) is 4.39 Å². The lowest BCUT2D eigenvalue weighted by Gasteiger charge is -2.16. The maximum absolute atomic E-state index is 13.7. The molecule has 1 aromatic heterocycles. The van der Waals surface area contributed by atoms with Gasteiger partial charge < -0.3 is 15.3 Å². The van der Waals surface area contributed by atoms with E-state index in [1.165, 1.54) is 36.4 Å². The highest BCUT2D eigenvalue weighted by molar-refractivity contribution is 5.99. The summed E-state index contributed by atoms with van der Waals surface area (Å²) in [4.78, 5) is 15.3. The van der Waals surface area contributed by atoms with E-state index in [1.54, 1.807) is 24.3 Å². The number of aliphatic carboxylic acids is 1. The number of para-hydroxylation sites is 1. The first-order chi connectivity index (χ1) is 16.8. The quantitative estimate of drug-likeness (QED) is 0.493. The normalized spacial score (nSPS) is 22.6. The Morgan fingerprint density at radius 1 is 1.23 bits per heavy atom. The molecule has 0 unspecified atom stereocenters. The zero-order valence-corrected chi connectivity index (χ0v) is 16.4. The van der Waals surface area contributed by atoms with E-state index in [4.69, 9.17) is 12.0 Å². The van der Waals surface area contributed by atoms with Crippen LogP contribution in [0.5, 0.6) is 0 Å². The maximum Gasteiger partial charge on any atom is 0.305 e. The molecule has 0 spiro atoms. The van der Waals surface area contributed by atoms with Gasteiger partial charge in [-0.15, -0.1) is 0 Å². The van der Waals surface area contributed by atoms with Crippen molar-refractivity contribution >= 4 is 22.9 Å². The molecule has 160 valence electrons. The van der Waals surface area contributed by atoms with Crippen LogP contribution in [0.15, 0.2) is 54.6 Å². The molecule has 1 aliphatic rings. The fraction of sp³-hybridized carbons (Fsp3) is 0.280. The molecule has 0 amide bonds. The maximum atomic E-state index is 13.7. The van der Waals surface area contributed by atoms with Crippen LogP contribution in [0.1, 0.15) is 49.6 Å². The largest absolute Gasteiger partial charge is 0.481 e. The van der Waals surface area contributed by atoms with Crippen molar-refractivity contribution in [2.45, 2.75) is 43.7 Å². The second-order valence-electron chi connectivity index (χ2n) is 7.31. The number of halogens is 1. The van der Waals surface area contributed by atoms with Crippen molar-refractivity contribution in [3.05, 3.63) is 71.7 Å². The van der Waals surface area contributed by atoms with E-state index in [0.717, 1.165) is 0 Å². The van der Waals surface area contributed by atoms with Gasteiger partial charge in [0.25, 0.3) is 0 Å². The lowest BCUT2D eigenvalue weighted by atomic mass is 9.92. The first kappa shape index (κ1) is 15.7. The lowest BCUT2D eigenvalue weighted by molar-refractivity contribution is -0.139. The summed E-state index contributed by atoms with van der Waals surface area (Å²) in [6, 6.07) is 12.3. The molecule has 0 bridgehead atoms. The number of hydrogen-bond acceptors (Lipinski definition) is 4. The Morgan fingerprint density at radius 3 is 2.61 bits per heavy atom. The van der Waals surface area contributed by atoms with Gasteiger partial charge in [0.2, 0.25) is 0 Å². The van der Waals surface area contributed by atoms with Gasteiger partial charge in [0.1, 0.15) is 5.82 Å². The molecule has 1 fully saturated rings. The summed E-state index contributed by atoms with van der Waals surface area (Å²) in [6.45, 7) is 0. The van der Waals surface area contributed by atoms with Crippen molar-refractivity contribution < 1.29 is 31.4 Å². The van der Waals surface area contributed by atoms with Crippen molar-refractivity contribution in [2.75, 3.05) is 0 Å². The highest BCUT2D eigenvalue weighted by atomic mass is 19.1. The van der Waals surface area contributed by atoms with E-state index in [2.05, 4.69) is 4.98 Å². The van der Waals surface area contributed by atoms with Gasteiger partial charge in [0.05, 0.1) is 29.8 Å². The molecule has 0 radical (unpaired) electrons. The molecule has 5 nitrogen and oxygen atoms in total. The average Bonchev–Trinajstić information content (AvgIpc) is 3.13. The average molecular weight is 426 g/mol. The topological polar surface area (TPSA) is 90.7 Å². The van der Waals surface area contributed by atoms with Gasteiger partial charge in [-0.3, -0.25) is 9.78 Å². The monoisotopic (exact) mass is 426 g/mol. The summed E-state index contributed by atoms with van der Waals surface area (Å²) >= 11 is 0.